The monoisotopic (exact) mass is 280 g/mol. The first-order valence-electron chi connectivity index (χ1n) is 8.50. The van der Waals surface area contributed by atoms with Crippen molar-refractivity contribution in [3.05, 3.63) is 17.7 Å². The summed E-state index contributed by atoms with van der Waals surface area (Å²) in [7, 11) is 0. The summed E-state index contributed by atoms with van der Waals surface area (Å²) in [5, 5.41) is 8.68. The third kappa shape index (κ3) is 8.36. The largest absolute Gasteiger partial charge is 0.396 e. The Labute approximate surface area is 124 Å². The number of nitrogens with one attached hydrogen (secondary N) is 1. The fraction of sp³-hybridized carbons (Fsp3) is 0.824. The molecule has 0 aliphatic rings. The van der Waals surface area contributed by atoms with E-state index >= 15 is 0 Å². The van der Waals surface area contributed by atoms with Gasteiger partial charge in [-0.2, -0.15) is 0 Å². The molecule has 3 heteroatoms. The van der Waals surface area contributed by atoms with E-state index in [-0.39, 0.29) is 0 Å². The van der Waals surface area contributed by atoms with Gasteiger partial charge in [-0.05, 0) is 25.7 Å². The zero-order valence-electron chi connectivity index (χ0n) is 13.2. The Morgan fingerprint density at radius 1 is 0.900 bits per heavy atom. The van der Waals surface area contributed by atoms with Crippen LogP contribution in [0.5, 0.6) is 0 Å². The lowest BCUT2D eigenvalue weighted by atomic mass is 10.1. The van der Waals surface area contributed by atoms with Crippen molar-refractivity contribution in [1.29, 1.82) is 0 Å². The topological polar surface area (TPSA) is 48.9 Å². The second kappa shape index (κ2) is 12.0. The fourth-order valence-corrected chi connectivity index (χ4v) is 2.56. The molecule has 116 valence electrons. The first-order valence-corrected chi connectivity index (χ1v) is 8.50. The second-order valence-corrected chi connectivity index (χ2v) is 5.76. The first kappa shape index (κ1) is 17.2. The molecule has 2 N–H and O–H groups in total. The molecule has 3 nitrogen and oxygen atoms in total. The van der Waals surface area contributed by atoms with Crippen LogP contribution in [-0.2, 0) is 12.8 Å². The molecule has 0 aliphatic carbocycles. The zero-order chi connectivity index (χ0) is 14.5. The summed E-state index contributed by atoms with van der Waals surface area (Å²) in [6, 6.07) is 0. The van der Waals surface area contributed by atoms with Crippen LogP contribution in [0.2, 0.25) is 0 Å². The molecule has 0 amide bonds. The van der Waals surface area contributed by atoms with Crippen LogP contribution in [0.3, 0.4) is 0 Å². The quantitative estimate of drug-likeness (QED) is 0.526. The number of aromatic nitrogens is 2. The van der Waals surface area contributed by atoms with E-state index in [1.165, 1.54) is 57.1 Å². The number of rotatable bonds is 13. The van der Waals surface area contributed by atoms with Gasteiger partial charge in [0.05, 0.1) is 0 Å². The van der Waals surface area contributed by atoms with Gasteiger partial charge in [-0.3, -0.25) is 0 Å². The van der Waals surface area contributed by atoms with Crippen molar-refractivity contribution in [3.8, 4) is 0 Å². The molecule has 0 aromatic carbocycles. The first-order chi connectivity index (χ1) is 9.86. The molecule has 20 heavy (non-hydrogen) atoms. The minimum atomic E-state index is 0.355. The summed E-state index contributed by atoms with van der Waals surface area (Å²) < 4.78 is 0. The molecular formula is C17H32N2O. The highest BCUT2D eigenvalue weighted by Gasteiger charge is 1.99. The number of hydrogen-bond donors (Lipinski definition) is 2. The maximum absolute atomic E-state index is 8.68. The predicted molar refractivity (Wildman–Crippen MR) is 84.9 cm³/mol. The second-order valence-electron chi connectivity index (χ2n) is 5.76. The Balaban J connectivity index is 1.89. The number of H-pyrrole nitrogens is 1. The van der Waals surface area contributed by atoms with Crippen molar-refractivity contribution < 1.29 is 5.11 Å². The number of imidazole rings is 1. The smallest absolute Gasteiger partial charge is 0.106 e. The van der Waals surface area contributed by atoms with E-state index in [1.54, 1.807) is 0 Å². The summed E-state index contributed by atoms with van der Waals surface area (Å²) in [6.07, 6.45) is 16.9. The summed E-state index contributed by atoms with van der Waals surface area (Å²) in [5.74, 6) is 1.14. The maximum atomic E-state index is 8.68. The van der Waals surface area contributed by atoms with Gasteiger partial charge in [0.15, 0.2) is 0 Å². The lowest BCUT2D eigenvalue weighted by Gasteiger charge is -2.01. The standard InChI is InChI=1S/C17H32N2O/c1-2-12-17-18-15-16(19-17)13-10-8-6-4-3-5-7-9-11-14-20/h15,20H,2-14H2,1H3,(H,18,19). The number of aliphatic hydroxyl groups excluding tert-OH is 1. The molecule has 0 fully saturated rings. The average molecular weight is 280 g/mol. The Morgan fingerprint density at radius 2 is 1.50 bits per heavy atom. The van der Waals surface area contributed by atoms with Crippen LogP contribution in [0.1, 0.15) is 82.7 Å². The van der Waals surface area contributed by atoms with Crippen molar-refractivity contribution in [2.24, 2.45) is 0 Å². The van der Waals surface area contributed by atoms with Crippen LogP contribution < -0.4 is 0 Å². The van der Waals surface area contributed by atoms with Gasteiger partial charge in [-0.1, -0.05) is 51.9 Å². The Morgan fingerprint density at radius 3 is 2.10 bits per heavy atom. The molecule has 0 unspecified atom stereocenters. The van der Waals surface area contributed by atoms with E-state index in [4.69, 9.17) is 5.11 Å². The Hall–Kier alpha value is -0.830. The van der Waals surface area contributed by atoms with Crippen LogP contribution in [0, 0.1) is 0 Å². The van der Waals surface area contributed by atoms with Gasteiger partial charge < -0.3 is 10.1 Å². The third-order valence-electron chi connectivity index (χ3n) is 3.77. The average Bonchev–Trinajstić information content (AvgIpc) is 2.89. The number of unbranched alkanes of at least 4 members (excludes halogenated alkanes) is 8. The van der Waals surface area contributed by atoms with E-state index in [2.05, 4.69) is 16.9 Å². The minimum Gasteiger partial charge on any atom is -0.396 e. The highest BCUT2D eigenvalue weighted by molar-refractivity contribution is 5.01. The van der Waals surface area contributed by atoms with Crippen molar-refractivity contribution in [2.75, 3.05) is 6.61 Å². The lowest BCUT2D eigenvalue weighted by molar-refractivity contribution is 0.282. The van der Waals surface area contributed by atoms with Gasteiger partial charge in [-0.25, -0.2) is 4.98 Å². The summed E-state index contributed by atoms with van der Waals surface area (Å²) in [5.41, 5.74) is 1.30. The molecule has 0 aliphatic heterocycles. The fourth-order valence-electron chi connectivity index (χ4n) is 2.56. The van der Waals surface area contributed by atoms with Crippen LogP contribution in [-0.4, -0.2) is 21.7 Å². The van der Waals surface area contributed by atoms with Crippen LogP contribution in [0.15, 0.2) is 6.20 Å². The maximum Gasteiger partial charge on any atom is 0.106 e. The number of hydrogen-bond acceptors (Lipinski definition) is 2. The van der Waals surface area contributed by atoms with E-state index in [9.17, 15) is 0 Å². The van der Waals surface area contributed by atoms with Gasteiger partial charge in [0, 0.05) is 24.9 Å². The highest BCUT2D eigenvalue weighted by atomic mass is 16.2. The summed E-state index contributed by atoms with van der Waals surface area (Å²) in [4.78, 5) is 7.81. The lowest BCUT2D eigenvalue weighted by Crippen LogP contribution is -1.89. The van der Waals surface area contributed by atoms with E-state index < -0.39 is 0 Å². The van der Waals surface area contributed by atoms with Gasteiger partial charge in [0.1, 0.15) is 5.82 Å². The normalized spacial score (nSPS) is 11.1. The number of aryl methyl sites for hydroxylation is 2. The van der Waals surface area contributed by atoms with E-state index in [0.717, 1.165) is 31.5 Å². The van der Waals surface area contributed by atoms with E-state index in [0.29, 0.717) is 6.61 Å². The number of aromatic amines is 1. The molecule has 0 radical (unpaired) electrons. The van der Waals surface area contributed by atoms with Crippen LogP contribution >= 0.6 is 0 Å². The van der Waals surface area contributed by atoms with Crippen molar-refractivity contribution >= 4 is 0 Å². The third-order valence-corrected chi connectivity index (χ3v) is 3.77. The highest BCUT2D eigenvalue weighted by Crippen LogP contribution is 2.11. The molecule has 0 atom stereocenters. The van der Waals surface area contributed by atoms with Gasteiger partial charge in [0.25, 0.3) is 0 Å². The Kier molecular flexibility index (Phi) is 10.3. The molecule has 1 rings (SSSR count). The predicted octanol–water partition coefficient (Wildman–Crippen LogP) is 4.41. The molecule has 0 spiro atoms. The van der Waals surface area contributed by atoms with Crippen LogP contribution in [0.4, 0.5) is 0 Å². The van der Waals surface area contributed by atoms with Gasteiger partial charge >= 0.3 is 0 Å². The van der Waals surface area contributed by atoms with Crippen molar-refractivity contribution in [2.45, 2.75) is 84.0 Å². The molecule has 0 bridgehead atoms. The SMILES string of the molecule is CCCc1ncc(CCCCCCCCCCCO)[nH]1. The molecule has 1 aromatic rings. The van der Waals surface area contributed by atoms with Gasteiger partial charge in [-0.15, -0.1) is 0 Å². The molecule has 1 aromatic heterocycles. The molecule has 0 saturated heterocycles. The van der Waals surface area contributed by atoms with Gasteiger partial charge in [0.2, 0.25) is 0 Å². The minimum absolute atomic E-state index is 0.355. The van der Waals surface area contributed by atoms with Crippen LogP contribution in [0.25, 0.3) is 0 Å². The molecular weight excluding hydrogens is 248 g/mol. The van der Waals surface area contributed by atoms with E-state index in [1.807, 2.05) is 6.20 Å². The summed E-state index contributed by atoms with van der Waals surface area (Å²) >= 11 is 0. The summed E-state index contributed by atoms with van der Waals surface area (Å²) in [6.45, 7) is 2.54. The van der Waals surface area contributed by atoms with Crippen molar-refractivity contribution in [3.63, 3.8) is 0 Å². The van der Waals surface area contributed by atoms with Crippen molar-refractivity contribution in [1.82, 2.24) is 9.97 Å². The Bertz CT molecular complexity index is 323. The number of aliphatic hydroxyl groups is 1. The molecule has 0 saturated carbocycles. The number of nitrogens with zero attached hydrogens (tertiary/aromatic N) is 1. The zero-order valence-corrected chi connectivity index (χ0v) is 13.2. The molecule has 1 heterocycles.